The number of carbonyl (C=O) groups excluding carboxylic acids is 1. The molecule has 0 spiro atoms. The molecule has 1 aromatic carbocycles. The molecular formula is C15H13F3O3. The summed E-state index contributed by atoms with van der Waals surface area (Å²) in [5.41, 5.74) is 0.841. The second-order valence-electron chi connectivity index (χ2n) is 4.56. The number of rotatable bonds is 3. The fraction of sp³-hybridized carbons (Fsp3) is 0.267. The number of alkyl halides is 3. The first-order valence-corrected chi connectivity index (χ1v) is 6.14. The van der Waals surface area contributed by atoms with Crippen LogP contribution in [0.4, 0.5) is 13.2 Å². The zero-order chi connectivity index (χ0) is 15.6. The Balaban J connectivity index is 2.25. The van der Waals surface area contributed by atoms with E-state index in [2.05, 4.69) is 4.74 Å². The second-order valence-corrected chi connectivity index (χ2v) is 4.56. The van der Waals surface area contributed by atoms with Gasteiger partial charge in [-0.1, -0.05) is 12.1 Å². The average molecular weight is 298 g/mol. The van der Waals surface area contributed by atoms with E-state index < -0.39 is 17.7 Å². The van der Waals surface area contributed by atoms with Crippen molar-refractivity contribution in [2.45, 2.75) is 19.5 Å². The van der Waals surface area contributed by atoms with E-state index in [9.17, 15) is 18.0 Å². The average Bonchev–Trinajstić information content (AvgIpc) is 2.78. The molecule has 21 heavy (non-hydrogen) atoms. The Labute approximate surface area is 119 Å². The third kappa shape index (κ3) is 3.26. The Morgan fingerprint density at radius 1 is 1.24 bits per heavy atom. The van der Waals surface area contributed by atoms with Crippen molar-refractivity contribution < 1.29 is 27.1 Å². The number of methoxy groups -OCH3 is 1. The number of aryl methyl sites for hydroxylation is 1. The molecule has 0 aliphatic heterocycles. The number of hydrogen-bond acceptors (Lipinski definition) is 3. The molecule has 0 aliphatic rings. The van der Waals surface area contributed by atoms with Gasteiger partial charge in [-0.25, -0.2) is 4.79 Å². The van der Waals surface area contributed by atoms with Crippen LogP contribution >= 0.6 is 0 Å². The van der Waals surface area contributed by atoms with Crippen molar-refractivity contribution >= 4 is 5.97 Å². The zero-order valence-electron chi connectivity index (χ0n) is 11.5. The molecule has 1 heterocycles. The lowest BCUT2D eigenvalue weighted by Gasteiger charge is -2.07. The third-order valence-corrected chi connectivity index (χ3v) is 3.12. The molecule has 2 aromatic rings. The Morgan fingerprint density at radius 3 is 2.38 bits per heavy atom. The number of benzene rings is 1. The molecule has 0 unspecified atom stereocenters. The van der Waals surface area contributed by atoms with Gasteiger partial charge in [0.1, 0.15) is 11.3 Å². The lowest BCUT2D eigenvalue weighted by Crippen LogP contribution is -2.06. The van der Waals surface area contributed by atoms with Gasteiger partial charge < -0.3 is 9.15 Å². The van der Waals surface area contributed by atoms with Crippen LogP contribution in [0.1, 0.15) is 32.8 Å². The lowest BCUT2D eigenvalue weighted by molar-refractivity contribution is -0.137. The van der Waals surface area contributed by atoms with Gasteiger partial charge in [0.25, 0.3) is 0 Å². The molecular weight excluding hydrogens is 285 g/mol. The van der Waals surface area contributed by atoms with Crippen molar-refractivity contribution in [2.75, 3.05) is 7.11 Å². The molecule has 1 aromatic heterocycles. The fourth-order valence-corrected chi connectivity index (χ4v) is 2.04. The minimum absolute atomic E-state index is 0.292. The summed E-state index contributed by atoms with van der Waals surface area (Å²) in [4.78, 5) is 11.7. The first-order valence-electron chi connectivity index (χ1n) is 6.14. The van der Waals surface area contributed by atoms with E-state index in [-0.39, 0.29) is 0 Å². The summed E-state index contributed by atoms with van der Waals surface area (Å²) >= 11 is 0. The summed E-state index contributed by atoms with van der Waals surface area (Å²) < 4.78 is 47.3. The molecule has 0 saturated heterocycles. The number of ether oxygens (including phenoxy) is 1. The van der Waals surface area contributed by atoms with Crippen LogP contribution in [0.2, 0.25) is 0 Å². The standard InChI is InChI=1S/C15H13F3O3/c1-9-13(14(19)20-2)11(8-21-9)7-10-3-5-12(6-4-10)15(16,17)18/h3-6,8H,7H2,1-2H3. The van der Waals surface area contributed by atoms with Gasteiger partial charge in [-0.2, -0.15) is 13.2 Å². The molecule has 0 radical (unpaired) electrons. The van der Waals surface area contributed by atoms with Crippen LogP contribution in [0.25, 0.3) is 0 Å². The highest BCUT2D eigenvalue weighted by atomic mass is 19.4. The molecule has 0 amide bonds. The SMILES string of the molecule is COC(=O)c1c(Cc2ccc(C(F)(F)F)cc2)coc1C. The Kier molecular flexibility index (Phi) is 4.06. The smallest absolute Gasteiger partial charge is 0.416 e. The molecule has 0 aliphatic carbocycles. The molecule has 0 saturated carbocycles. The normalized spacial score (nSPS) is 11.5. The van der Waals surface area contributed by atoms with Gasteiger partial charge in [-0.3, -0.25) is 0 Å². The van der Waals surface area contributed by atoms with Crippen molar-refractivity contribution in [1.29, 1.82) is 0 Å². The number of furan rings is 1. The number of hydrogen-bond donors (Lipinski definition) is 0. The Morgan fingerprint density at radius 2 is 1.86 bits per heavy atom. The molecule has 0 N–H and O–H groups in total. The van der Waals surface area contributed by atoms with Gasteiger partial charge in [0, 0.05) is 12.0 Å². The number of carbonyl (C=O) groups is 1. The molecule has 112 valence electrons. The van der Waals surface area contributed by atoms with Crippen LogP contribution in [-0.4, -0.2) is 13.1 Å². The van der Waals surface area contributed by atoms with Gasteiger partial charge in [0.2, 0.25) is 0 Å². The van der Waals surface area contributed by atoms with Crippen LogP contribution in [0.3, 0.4) is 0 Å². The first kappa shape index (κ1) is 15.2. The van der Waals surface area contributed by atoms with Gasteiger partial charge in [0.05, 0.1) is 18.9 Å². The summed E-state index contributed by atoms with van der Waals surface area (Å²) in [5, 5.41) is 0. The van der Waals surface area contributed by atoms with E-state index in [0.717, 1.165) is 12.1 Å². The first-order chi connectivity index (χ1) is 9.82. The predicted octanol–water partition coefficient (Wildman–Crippen LogP) is 3.98. The largest absolute Gasteiger partial charge is 0.468 e. The fourth-order valence-electron chi connectivity index (χ4n) is 2.04. The van der Waals surface area contributed by atoms with Gasteiger partial charge in [-0.15, -0.1) is 0 Å². The maximum atomic E-state index is 12.5. The number of esters is 1. The van der Waals surface area contributed by atoms with Gasteiger partial charge >= 0.3 is 12.1 Å². The summed E-state index contributed by atoms with van der Waals surface area (Å²) in [6.45, 7) is 1.63. The zero-order valence-corrected chi connectivity index (χ0v) is 11.5. The molecule has 2 rings (SSSR count). The van der Waals surface area contributed by atoms with Crippen molar-refractivity contribution in [2.24, 2.45) is 0 Å². The van der Waals surface area contributed by atoms with E-state index in [4.69, 9.17) is 4.42 Å². The van der Waals surface area contributed by atoms with Crippen LogP contribution < -0.4 is 0 Å². The Hall–Kier alpha value is -2.24. The minimum atomic E-state index is -4.36. The summed E-state index contributed by atoms with van der Waals surface area (Å²) in [6, 6.07) is 4.79. The van der Waals surface area contributed by atoms with Crippen molar-refractivity contribution in [3.63, 3.8) is 0 Å². The molecule has 3 nitrogen and oxygen atoms in total. The summed E-state index contributed by atoms with van der Waals surface area (Å²) in [6.07, 6.45) is -2.65. The van der Waals surface area contributed by atoms with Crippen molar-refractivity contribution in [1.82, 2.24) is 0 Å². The van der Waals surface area contributed by atoms with Gasteiger partial charge in [-0.05, 0) is 24.6 Å². The van der Waals surface area contributed by atoms with Gasteiger partial charge in [0.15, 0.2) is 0 Å². The van der Waals surface area contributed by atoms with E-state index in [1.165, 1.54) is 25.5 Å². The van der Waals surface area contributed by atoms with Crippen molar-refractivity contribution in [3.05, 3.63) is 58.5 Å². The predicted molar refractivity (Wildman–Crippen MR) is 69.0 cm³/mol. The quantitative estimate of drug-likeness (QED) is 0.804. The molecule has 0 atom stereocenters. The Bertz CT molecular complexity index is 639. The highest BCUT2D eigenvalue weighted by Gasteiger charge is 2.30. The van der Waals surface area contributed by atoms with Crippen LogP contribution in [0.5, 0.6) is 0 Å². The topological polar surface area (TPSA) is 39.4 Å². The number of halogens is 3. The van der Waals surface area contributed by atoms with E-state index in [1.807, 2.05) is 0 Å². The second kappa shape index (κ2) is 5.63. The van der Waals surface area contributed by atoms with E-state index in [0.29, 0.717) is 28.9 Å². The molecule has 0 fully saturated rings. The van der Waals surface area contributed by atoms with Crippen LogP contribution in [-0.2, 0) is 17.3 Å². The van der Waals surface area contributed by atoms with Crippen molar-refractivity contribution in [3.8, 4) is 0 Å². The van der Waals surface area contributed by atoms with E-state index >= 15 is 0 Å². The maximum absolute atomic E-state index is 12.5. The highest BCUT2D eigenvalue weighted by molar-refractivity contribution is 5.92. The monoisotopic (exact) mass is 298 g/mol. The molecule has 6 heteroatoms. The third-order valence-electron chi connectivity index (χ3n) is 3.12. The van der Waals surface area contributed by atoms with E-state index in [1.54, 1.807) is 6.92 Å². The van der Waals surface area contributed by atoms with Crippen LogP contribution in [0.15, 0.2) is 34.9 Å². The highest BCUT2D eigenvalue weighted by Crippen LogP contribution is 2.29. The summed E-state index contributed by atoms with van der Waals surface area (Å²) in [7, 11) is 1.26. The minimum Gasteiger partial charge on any atom is -0.468 e. The maximum Gasteiger partial charge on any atom is 0.416 e. The lowest BCUT2D eigenvalue weighted by atomic mass is 10.0. The molecule has 0 bridgehead atoms. The summed E-state index contributed by atoms with van der Waals surface area (Å²) in [5.74, 6) is -0.105. The van der Waals surface area contributed by atoms with Crippen LogP contribution in [0, 0.1) is 6.92 Å².